The third kappa shape index (κ3) is 24.9. The molecule has 1 amide bonds. The fourth-order valence-corrected chi connectivity index (χ4v) is 9.63. The summed E-state index contributed by atoms with van der Waals surface area (Å²) in [7, 11) is 0. The Morgan fingerprint density at radius 1 is 0.467 bits per heavy atom. The maximum Gasteiger partial charge on any atom is 0.220 e. The van der Waals surface area contributed by atoms with Crippen LogP contribution in [0.2, 0.25) is 0 Å². The summed E-state index contributed by atoms with van der Waals surface area (Å²) >= 11 is 0. The zero-order valence-corrected chi connectivity index (χ0v) is 45.3. The minimum Gasteiger partial charge on any atom is -0.394 e. The summed E-state index contributed by atoms with van der Waals surface area (Å²) in [4.78, 5) is 13.1. The molecule has 438 valence electrons. The van der Waals surface area contributed by atoms with Crippen molar-refractivity contribution >= 4 is 5.91 Å². The number of hydrogen-bond donors (Lipinski definition) is 12. The summed E-state index contributed by atoms with van der Waals surface area (Å²) < 4.78 is 34.0. The van der Waals surface area contributed by atoms with Crippen LogP contribution < -0.4 is 5.32 Å². The van der Waals surface area contributed by atoms with Gasteiger partial charge in [0.25, 0.3) is 0 Å². The Morgan fingerprint density at radius 2 is 0.853 bits per heavy atom. The normalized spacial score (nSPS) is 31.5. The SMILES string of the molecule is CCCCCCCCCCCCCCCCC/C=C/CC/C=C/CC/C=C/C(O)C(COC1OC(CO)C(OC2OC(CO)C(OC3OC(CO)C(O)C(O)C3O)C(O)C2O)C(O)C1O)NC(=O)CCCCCCC. The molecule has 17 unspecified atom stereocenters. The predicted octanol–water partition coefficient (Wildman–Crippen LogP) is 4.15. The summed E-state index contributed by atoms with van der Waals surface area (Å²) in [6.45, 7) is 1.57. The molecule has 3 fully saturated rings. The van der Waals surface area contributed by atoms with Crippen molar-refractivity contribution in [1.82, 2.24) is 5.32 Å². The molecule has 3 aliphatic heterocycles. The third-order valence-electron chi connectivity index (χ3n) is 14.4. The van der Waals surface area contributed by atoms with Crippen LogP contribution in [-0.2, 0) is 33.2 Å². The lowest BCUT2D eigenvalue weighted by Gasteiger charge is -2.48. The first-order valence-electron chi connectivity index (χ1n) is 28.7. The fraction of sp³-hybridized carbons (Fsp3) is 0.875. The van der Waals surface area contributed by atoms with E-state index in [1.807, 2.05) is 6.08 Å². The molecule has 0 aromatic carbocycles. The molecule has 0 radical (unpaired) electrons. The second-order valence-electron chi connectivity index (χ2n) is 20.7. The van der Waals surface area contributed by atoms with Crippen LogP contribution in [0.4, 0.5) is 0 Å². The Kier molecular flexibility index (Phi) is 36.1. The van der Waals surface area contributed by atoms with Gasteiger partial charge in [-0.3, -0.25) is 4.79 Å². The maximum atomic E-state index is 13.1. The molecule has 12 N–H and O–H groups in total. The number of unbranched alkanes of at least 4 members (excludes halogenated alkanes) is 21. The molecule has 3 aliphatic rings. The summed E-state index contributed by atoms with van der Waals surface area (Å²) in [5.74, 6) is -0.304. The second kappa shape index (κ2) is 40.2. The zero-order chi connectivity index (χ0) is 54.8. The van der Waals surface area contributed by atoms with Crippen LogP contribution in [0.25, 0.3) is 0 Å². The number of allylic oxidation sites excluding steroid dienone is 5. The van der Waals surface area contributed by atoms with E-state index in [2.05, 4.69) is 43.5 Å². The van der Waals surface area contributed by atoms with Crippen LogP contribution in [0.3, 0.4) is 0 Å². The highest BCUT2D eigenvalue weighted by molar-refractivity contribution is 5.76. The zero-order valence-electron chi connectivity index (χ0n) is 45.3. The van der Waals surface area contributed by atoms with E-state index in [9.17, 15) is 61.0 Å². The Labute approximate surface area is 447 Å². The monoisotopic (exact) mass is 1080 g/mol. The average molecular weight is 1080 g/mol. The van der Waals surface area contributed by atoms with Gasteiger partial charge >= 0.3 is 0 Å². The molecular formula is C56H101NO18. The Bertz CT molecular complexity index is 1520. The van der Waals surface area contributed by atoms with Crippen LogP contribution in [-0.4, -0.2) is 193 Å². The summed E-state index contributed by atoms with van der Waals surface area (Å²) in [5.41, 5.74) is 0. The fourth-order valence-electron chi connectivity index (χ4n) is 9.63. The summed E-state index contributed by atoms with van der Waals surface area (Å²) in [6.07, 6.45) is 15.1. The highest BCUT2D eigenvalue weighted by Crippen LogP contribution is 2.33. The van der Waals surface area contributed by atoms with E-state index in [1.54, 1.807) is 6.08 Å². The summed E-state index contributed by atoms with van der Waals surface area (Å²) in [6, 6.07) is -0.989. The Morgan fingerprint density at radius 3 is 1.33 bits per heavy atom. The van der Waals surface area contributed by atoms with Gasteiger partial charge in [0.15, 0.2) is 18.9 Å². The second-order valence-corrected chi connectivity index (χ2v) is 20.7. The number of aliphatic hydroxyl groups excluding tert-OH is 11. The lowest BCUT2D eigenvalue weighted by molar-refractivity contribution is -0.379. The van der Waals surface area contributed by atoms with Crippen LogP contribution in [0.1, 0.15) is 181 Å². The standard InChI is InChI=1S/C56H101NO18/c1-3-5-7-9-10-11-12-13-14-15-16-17-18-19-20-21-22-23-24-25-26-27-28-30-31-33-40(61)39(57-44(62)34-32-29-8-6-4-2)38-70-54-50(68)47(65)52(42(36-59)72-54)75-56-51(69)48(66)53(43(37-60)73-56)74-55-49(67)46(64)45(63)41(35-58)71-55/h22-23,26-27,31,33,39-43,45-56,58-61,63-69H,3-21,24-25,28-30,32,34-38H2,1-2H3,(H,57,62)/b23-22+,27-26+,33-31+. The van der Waals surface area contributed by atoms with Gasteiger partial charge in [0.05, 0.1) is 38.6 Å². The van der Waals surface area contributed by atoms with Crippen molar-refractivity contribution in [3.05, 3.63) is 36.5 Å². The number of rotatable bonds is 41. The van der Waals surface area contributed by atoms with Gasteiger partial charge in [0.1, 0.15) is 73.2 Å². The molecule has 3 saturated heterocycles. The van der Waals surface area contributed by atoms with Crippen molar-refractivity contribution in [2.24, 2.45) is 0 Å². The highest BCUT2D eigenvalue weighted by atomic mass is 16.8. The average Bonchev–Trinajstić information content (AvgIpc) is 3.40. The number of hydrogen-bond acceptors (Lipinski definition) is 18. The molecule has 75 heavy (non-hydrogen) atoms. The van der Waals surface area contributed by atoms with Crippen molar-refractivity contribution in [1.29, 1.82) is 0 Å². The van der Waals surface area contributed by atoms with Gasteiger partial charge in [-0.25, -0.2) is 0 Å². The van der Waals surface area contributed by atoms with Gasteiger partial charge in [0, 0.05) is 6.42 Å². The van der Waals surface area contributed by atoms with Gasteiger partial charge in [-0.05, 0) is 44.9 Å². The highest BCUT2D eigenvalue weighted by Gasteiger charge is 2.53. The smallest absolute Gasteiger partial charge is 0.220 e. The first-order chi connectivity index (χ1) is 36.3. The molecule has 19 nitrogen and oxygen atoms in total. The molecule has 0 bridgehead atoms. The maximum absolute atomic E-state index is 13.1. The van der Waals surface area contributed by atoms with E-state index in [4.69, 9.17) is 28.4 Å². The summed E-state index contributed by atoms with van der Waals surface area (Å²) in [5, 5.41) is 119. The number of ether oxygens (including phenoxy) is 6. The lowest BCUT2D eigenvalue weighted by Crippen LogP contribution is -2.66. The van der Waals surface area contributed by atoms with E-state index in [0.29, 0.717) is 12.8 Å². The van der Waals surface area contributed by atoms with Gasteiger partial charge in [-0.15, -0.1) is 0 Å². The molecule has 0 aliphatic carbocycles. The Balaban J connectivity index is 1.44. The number of carbonyl (C=O) groups excluding carboxylic acids is 1. The van der Waals surface area contributed by atoms with Crippen molar-refractivity contribution in [3.63, 3.8) is 0 Å². The number of aliphatic hydroxyl groups is 11. The van der Waals surface area contributed by atoms with Gasteiger partial charge in [0.2, 0.25) is 5.91 Å². The quantitative estimate of drug-likeness (QED) is 0.0302. The first kappa shape index (κ1) is 67.3. The van der Waals surface area contributed by atoms with Crippen molar-refractivity contribution in [2.45, 2.75) is 285 Å². The van der Waals surface area contributed by atoms with Crippen LogP contribution in [0, 0.1) is 0 Å². The molecule has 0 aromatic rings. The molecule has 3 heterocycles. The van der Waals surface area contributed by atoms with Crippen molar-refractivity contribution < 1.29 is 89.4 Å². The van der Waals surface area contributed by atoms with Gasteiger partial charge in [-0.2, -0.15) is 0 Å². The molecule has 0 saturated carbocycles. The van der Waals surface area contributed by atoms with E-state index in [0.717, 1.165) is 51.4 Å². The van der Waals surface area contributed by atoms with Crippen LogP contribution >= 0.6 is 0 Å². The molecule has 0 spiro atoms. The largest absolute Gasteiger partial charge is 0.394 e. The van der Waals surface area contributed by atoms with E-state index in [-0.39, 0.29) is 18.9 Å². The third-order valence-corrected chi connectivity index (χ3v) is 14.4. The lowest BCUT2D eigenvalue weighted by atomic mass is 9.96. The molecule has 0 aromatic heterocycles. The molecule has 19 heteroatoms. The van der Waals surface area contributed by atoms with E-state index >= 15 is 0 Å². The topological polar surface area (TPSA) is 307 Å². The predicted molar refractivity (Wildman–Crippen MR) is 282 cm³/mol. The Hall–Kier alpha value is -1.99. The number of nitrogens with one attached hydrogen (secondary N) is 1. The van der Waals surface area contributed by atoms with Crippen LogP contribution in [0.5, 0.6) is 0 Å². The minimum atomic E-state index is -1.98. The first-order valence-corrected chi connectivity index (χ1v) is 28.7. The molecular weight excluding hydrogens is 975 g/mol. The van der Waals surface area contributed by atoms with Crippen molar-refractivity contribution in [3.8, 4) is 0 Å². The van der Waals surface area contributed by atoms with Crippen molar-refractivity contribution in [2.75, 3.05) is 26.4 Å². The van der Waals surface area contributed by atoms with Gasteiger partial charge < -0.3 is 89.9 Å². The van der Waals surface area contributed by atoms with Crippen LogP contribution in [0.15, 0.2) is 36.5 Å². The number of amides is 1. The minimum absolute atomic E-state index is 0.227. The number of carbonyl (C=O) groups is 1. The van der Waals surface area contributed by atoms with E-state index < -0.39 is 124 Å². The van der Waals surface area contributed by atoms with E-state index in [1.165, 1.54) is 96.3 Å². The van der Waals surface area contributed by atoms with Gasteiger partial charge in [-0.1, -0.05) is 166 Å². The molecule has 3 rings (SSSR count). The molecule has 17 atom stereocenters.